The molecule has 0 saturated carbocycles. The van der Waals surface area contributed by atoms with Gasteiger partial charge in [-0.1, -0.05) is 30.3 Å². The quantitative estimate of drug-likeness (QED) is 0.661. The molecule has 1 unspecified atom stereocenters. The highest BCUT2D eigenvalue weighted by Crippen LogP contribution is 2.36. The van der Waals surface area contributed by atoms with Crippen molar-refractivity contribution in [1.29, 1.82) is 0 Å². The van der Waals surface area contributed by atoms with Gasteiger partial charge in [0.2, 0.25) is 0 Å². The van der Waals surface area contributed by atoms with Gasteiger partial charge in [0.05, 0.1) is 17.2 Å². The molecule has 0 bridgehead atoms. The summed E-state index contributed by atoms with van der Waals surface area (Å²) in [6.07, 6.45) is -10.8. The van der Waals surface area contributed by atoms with E-state index in [0.29, 0.717) is 31.8 Å². The van der Waals surface area contributed by atoms with Gasteiger partial charge in [0.15, 0.2) is 0 Å². The summed E-state index contributed by atoms with van der Waals surface area (Å²) in [5, 5.41) is 4.64. The van der Waals surface area contributed by atoms with Gasteiger partial charge in [0, 0.05) is 33.2 Å². The van der Waals surface area contributed by atoms with E-state index in [0.717, 1.165) is 10.5 Å². The lowest BCUT2D eigenvalue weighted by atomic mass is 10.0. The minimum Gasteiger partial charge on any atom is -0.350 e. The van der Waals surface area contributed by atoms with Gasteiger partial charge in [-0.15, -0.1) is 5.06 Å². The third-order valence-corrected chi connectivity index (χ3v) is 4.95. The van der Waals surface area contributed by atoms with E-state index in [4.69, 9.17) is 4.84 Å². The minimum atomic E-state index is -4.96. The molecule has 32 heavy (non-hydrogen) atoms. The van der Waals surface area contributed by atoms with Crippen molar-refractivity contribution in [3.05, 3.63) is 70.8 Å². The van der Waals surface area contributed by atoms with Gasteiger partial charge in [-0.2, -0.15) is 26.3 Å². The second-order valence-electron chi connectivity index (χ2n) is 7.40. The summed E-state index contributed by atoms with van der Waals surface area (Å²) < 4.78 is 78.4. The summed E-state index contributed by atoms with van der Waals surface area (Å²) >= 11 is 0. The van der Waals surface area contributed by atoms with Gasteiger partial charge < -0.3 is 15.1 Å². The second kappa shape index (κ2) is 9.37. The molecule has 1 aliphatic rings. The molecule has 2 aromatic carbocycles. The van der Waals surface area contributed by atoms with E-state index in [9.17, 15) is 31.1 Å². The number of piperazine rings is 1. The van der Waals surface area contributed by atoms with Crippen LogP contribution in [0.2, 0.25) is 0 Å². The third kappa shape index (κ3) is 5.92. The molecule has 174 valence electrons. The number of carbonyl (C=O) groups excluding carboxylic acids is 1. The topological polar surface area (TPSA) is 44.8 Å². The third-order valence-electron chi connectivity index (χ3n) is 4.95. The first kappa shape index (κ1) is 23.9. The Morgan fingerprint density at radius 1 is 1.06 bits per heavy atom. The molecule has 2 aromatic rings. The van der Waals surface area contributed by atoms with Crippen molar-refractivity contribution >= 4 is 6.09 Å². The maximum absolute atomic E-state index is 13.1. The van der Waals surface area contributed by atoms with Crippen LogP contribution in [0.1, 0.15) is 28.3 Å². The highest BCUT2D eigenvalue weighted by Gasteiger charge is 2.37. The molecular weight excluding hydrogens is 440 g/mol. The second-order valence-corrected chi connectivity index (χ2v) is 7.40. The molecule has 1 amide bonds. The number of alkyl halides is 6. The first-order chi connectivity index (χ1) is 14.9. The highest BCUT2D eigenvalue weighted by atomic mass is 19.4. The zero-order valence-electron chi connectivity index (χ0n) is 17.0. The molecule has 1 N–H and O–H groups in total. The van der Waals surface area contributed by atoms with Gasteiger partial charge >= 0.3 is 18.4 Å². The number of amides is 1. The summed E-state index contributed by atoms with van der Waals surface area (Å²) in [4.78, 5) is 18.9. The van der Waals surface area contributed by atoms with Gasteiger partial charge in [-0.3, -0.25) is 0 Å². The van der Waals surface area contributed by atoms with E-state index >= 15 is 0 Å². The SMILES string of the molecule is CN(Cc1cc(C(F)(F)F)cc(C(F)(F)F)c1)C(=O)ON1CCNCC1c1ccccc1. The predicted molar refractivity (Wildman–Crippen MR) is 103 cm³/mol. The molecule has 5 nitrogen and oxygen atoms in total. The Balaban J connectivity index is 1.75. The maximum Gasteiger partial charge on any atom is 0.428 e. The molecule has 1 fully saturated rings. The van der Waals surface area contributed by atoms with Crippen molar-refractivity contribution in [2.24, 2.45) is 0 Å². The number of hydrogen-bond acceptors (Lipinski definition) is 4. The van der Waals surface area contributed by atoms with Crippen LogP contribution >= 0.6 is 0 Å². The van der Waals surface area contributed by atoms with E-state index in [1.165, 1.54) is 12.1 Å². The number of rotatable bonds is 4. The molecule has 1 aliphatic heterocycles. The van der Waals surface area contributed by atoms with Crippen LogP contribution in [0.4, 0.5) is 31.1 Å². The standard InChI is InChI=1S/C21H21F6N3O2/c1-29(13-14-9-16(20(22,23)24)11-17(10-14)21(25,26)27)19(31)32-30-8-7-28-12-18(30)15-5-3-2-4-6-15/h2-6,9-11,18,28H,7-8,12-13H2,1H3. The van der Waals surface area contributed by atoms with Gasteiger partial charge in [-0.25, -0.2) is 4.79 Å². The van der Waals surface area contributed by atoms with Crippen molar-refractivity contribution in [2.45, 2.75) is 24.9 Å². The van der Waals surface area contributed by atoms with Crippen LogP contribution in [0.3, 0.4) is 0 Å². The average molecular weight is 461 g/mol. The number of benzene rings is 2. The van der Waals surface area contributed by atoms with Crippen LogP contribution in [0.25, 0.3) is 0 Å². The van der Waals surface area contributed by atoms with Crippen LogP contribution in [-0.4, -0.2) is 42.7 Å². The van der Waals surface area contributed by atoms with E-state index < -0.39 is 36.1 Å². The summed E-state index contributed by atoms with van der Waals surface area (Å²) in [5.41, 5.74) is -2.29. The first-order valence-corrected chi connectivity index (χ1v) is 9.69. The van der Waals surface area contributed by atoms with Crippen LogP contribution in [0, 0.1) is 0 Å². The monoisotopic (exact) mass is 461 g/mol. The zero-order valence-corrected chi connectivity index (χ0v) is 17.0. The predicted octanol–water partition coefficient (Wildman–Crippen LogP) is 4.85. The Labute approximate surface area is 180 Å². The van der Waals surface area contributed by atoms with Crippen molar-refractivity contribution in [3.63, 3.8) is 0 Å². The number of nitrogens with zero attached hydrogens (tertiary/aromatic N) is 2. The number of halogens is 6. The van der Waals surface area contributed by atoms with Crippen LogP contribution < -0.4 is 5.32 Å². The van der Waals surface area contributed by atoms with E-state index in [1.807, 2.05) is 30.3 Å². The van der Waals surface area contributed by atoms with Gasteiger partial charge in [-0.05, 0) is 29.3 Å². The Bertz CT molecular complexity index is 901. The lowest BCUT2D eigenvalue weighted by Gasteiger charge is -2.35. The Morgan fingerprint density at radius 3 is 2.22 bits per heavy atom. The Hall–Kier alpha value is -2.79. The van der Waals surface area contributed by atoms with E-state index in [-0.39, 0.29) is 17.7 Å². The molecule has 0 spiro atoms. The summed E-state index contributed by atoms with van der Waals surface area (Å²) in [7, 11) is 1.25. The smallest absolute Gasteiger partial charge is 0.350 e. The molecule has 1 heterocycles. The number of hydrogen-bond donors (Lipinski definition) is 1. The van der Waals surface area contributed by atoms with Crippen LogP contribution in [-0.2, 0) is 23.7 Å². The van der Waals surface area contributed by atoms with Crippen LogP contribution in [0.5, 0.6) is 0 Å². The number of nitrogens with one attached hydrogen (secondary N) is 1. The molecular formula is C21H21F6N3O2. The zero-order chi connectivity index (χ0) is 23.5. The molecule has 1 saturated heterocycles. The lowest BCUT2D eigenvalue weighted by Crippen LogP contribution is -2.48. The normalized spacial score (nSPS) is 17.8. The average Bonchev–Trinajstić information content (AvgIpc) is 2.73. The van der Waals surface area contributed by atoms with Crippen molar-refractivity contribution in [1.82, 2.24) is 15.3 Å². The van der Waals surface area contributed by atoms with Crippen molar-refractivity contribution in [2.75, 3.05) is 26.7 Å². The number of hydroxylamine groups is 2. The fourth-order valence-corrected chi connectivity index (χ4v) is 3.37. The van der Waals surface area contributed by atoms with Crippen molar-refractivity contribution in [3.8, 4) is 0 Å². The van der Waals surface area contributed by atoms with Gasteiger partial charge in [0.25, 0.3) is 0 Å². The summed E-state index contributed by atoms with van der Waals surface area (Å²) in [5.74, 6) is 0. The molecule has 3 rings (SSSR count). The summed E-state index contributed by atoms with van der Waals surface area (Å²) in [6.45, 7) is 0.918. The van der Waals surface area contributed by atoms with Gasteiger partial charge in [0.1, 0.15) is 0 Å². The lowest BCUT2D eigenvalue weighted by molar-refractivity contribution is -0.150. The fraction of sp³-hybridized carbons (Fsp3) is 0.381. The van der Waals surface area contributed by atoms with Crippen molar-refractivity contribution < 1.29 is 36.0 Å². The molecule has 0 aromatic heterocycles. The largest absolute Gasteiger partial charge is 0.428 e. The molecule has 0 aliphatic carbocycles. The fourth-order valence-electron chi connectivity index (χ4n) is 3.37. The molecule has 0 radical (unpaired) electrons. The maximum atomic E-state index is 13.1. The van der Waals surface area contributed by atoms with E-state index in [2.05, 4.69) is 5.32 Å². The molecule has 11 heteroatoms. The Kier molecular flexibility index (Phi) is 6.99. The van der Waals surface area contributed by atoms with Crippen LogP contribution in [0.15, 0.2) is 48.5 Å². The molecule has 1 atom stereocenters. The van der Waals surface area contributed by atoms with E-state index in [1.54, 1.807) is 0 Å². The Morgan fingerprint density at radius 2 is 1.66 bits per heavy atom. The summed E-state index contributed by atoms with van der Waals surface area (Å²) in [6, 6.07) is 10.2. The number of carbonyl (C=O) groups is 1. The highest BCUT2D eigenvalue weighted by molar-refractivity contribution is 5.67. The minimum absolute atomic E-state index is 0.0486. The first-order valence-electron chi connectivity index (χ1n) is 9.69.